The molecule has 2 heteroatoms. The topological polar surface area (TPSA) is 20.2 Å². The fourth-order valence-corrected chi connectivity index (χ4v) is 7.69. The number of aliphatic hydroxyl groups is 1. The third-order valence-corrected chi connectivity index (χ3v) is 9.49. The summed E-state index contributed by atoms with van der Waals surface area (Å²) < 4.78 is 0. The lowest BCUT2D eigenvalue weighted by Gasteiger charge is -2.59. The lowest BCUT2D eigenvalue weighted by Crippen LogP contribution is -2.55. The first-order chi connectivity index (χ1) is 11.3. The van der Waals surface area contributed by atoms with Gasteiger partial charge < -0.3 is 5.11 Å². The normalized spacial score (nSPS) is 53.6. The molecule has 0 saturated heterocycles. The van der Waals surface area contributed by atoms with Crippen LogP contribution in [-0.4, -0.2) is 10.7 Å². The second-order valence-electron chi connectivity index (χ2n) is 9.56. The number of allylic oxidation sites excluding steroid dienone is 4. The zero-order chi connectivity index (χ0) is 17.3. The van der Waals surface area contributed by atoms with Crippen molar-refractivity contribution in [3.05, 3.63) is 22.8 Å². The average Bonchev–Trinajstić information content (AvgIpc) is 2.82. The second-order valence-corrected chi connectivity index (χ2v) is 9.97. The Bertz CT molecular complexity index is 607. The molecular weight excluding hydrogens is 316 g/mol. The molecule has 24 heavy (non-hydrogen) atoms. The van der Waals surface area contributed by atoms with Gasteiger partial charge in [-0.1, -0.05) is 51.4 Å². The third-order valence-electron chi connectivity index (χ3n) is 9.16. The Hall–Kier alpha value is -0.270. The van der Waals surface area contributed by atoms with Gasteiger partial charge in [-0.2, -0.15) is 0 Å². The largest absolute Gasteiger partial charge is 0.389 e. The number of fused-ring (bicyclic) bond motifs is 5. The lowest BCUT2D eigenvalue weighted by atomic mass is 9.46. The Morgan fingerprint density at radius 1 is 1.17 bits per heavy atom. The van der Waals surface area contributed by atoms with Crippen LogP contribution in [0.1, 0.15) is 72.6 Å². The summed E-state index contributed by atoms with van der Waals surface area (Å²) in [6.07, 6.45) is 12.7. The summed E-state index contributed by atoms with van der Waals surface area (Å²) in [6, 6.07) is 0. The van der Waals surface area contributed by atoms with Crippen molar-refractivity contribution in [1.29, 1.82) is 0 Å². The number of halogens is 1. The summed E-state index contributed by atoms with van der Waals surface area (Å²) >= 11 is 6.84. The maximum Gasteiger partial charge on any atom is 0.0701 e. The van der Waals surface area contributed by atoms with Crippen LogP contribution in [0.25, 0.3) is 0 Å². The number of hydrogen-bond donors (Lipinski definition) is 1. The molecule has 2 saturated carbocycles. The lowest BCUT2D eigenvalue weighted by molar-refractivity contribution is -0.118. The van der Waals surface area contributed by atoms with E-state index in [9.17, 15) is 5.11 Å². The van der Waals surface area contributed by atoms with Crippen LogP contribution < -0.4 is 0 Å². The molecule has 134 valence electrons. The molecule has 1 N–H and O–H groups in total. The Morgan fingerprint density at radius 2 is 1.88 bits per heavy atom. The molecular formula is C22H33ClO. The summed E-state index contributed by atoms with van der Waals surface area (Å²) in [4.78, 5) is 0. The second kappa shape index (κ2) is 5.36. The van der Waals surface area contributed by atoms with E-state index in [-0.39, 0.29) is 10.8 Å². The zero-order valence-electron chi connectivity index (χ0n) is 15.7. The van der Waals surface area contributed by atoms with Crippen LogP contribution in [0.2, 0.25) is 0 Å². The van der Waals surface area contributed by atoms with Gasteiger partial charge in [0.2, 0.25) is 0 Å². The molecule has 0 spiro atoms. The smallest absolute Gasteiger partial charge is 0.0701 e. The van der Waals surface area contributed by atoms with Gasteiger partial charge >= 0.3 is 0 Å². The molecule has 0 amide bonds. The minimum atomic E-state index is -0.474. The van der Waals surface area contributed by atoms with E-state index in [2.05, 4.69) is 39.8 Å². The van der Waals surface area contributed by atoms with Crippen molar-refractivity contribution in [3.8, 4) is 0 Å². The minimum absolute atomic E-state index is 0.0616. The molecule has 4 aliphatic rings. The van der Waals surface area contributed by atoms with E-state index >= 15 is 0 Å². The van der Waals surface area contributed by atoms with Gasteiger partial charge in [0.1, 0.15) is 0 Å². The predicted molar refractivity (Wildman–Crippen MR) is 101 cm³/mol. The van der Waals surface area contributed by atoms with Crippen molar-refractivity contribution in [3.63, 3.8) is 0 Å². The van der Waals surface area contributed by atoms with Crippen LogP contribution in [0, 0.1) is 34.5 Å². The Balaban J connectivity index is 1.80. The standard InChI is InChI=1S/C22H33ClO/c1-5-22(24)12-10-16-15-13-19(23)18-8-6-7-14(2)21(18,4)17(15)9-11-20(16,22)3/h8,13-17,24H,5-7,9-12H2,1-4H3/t14?,15-,16-,17-,20-,21+,22+/m0/s1. The molecule has 0 aromatic heterocycles. The van der Waals surface area contributed by atoms with Gasteiger partial charge in [-0.15, -0.1) is 0 Å². The maximum atomic E-state index is 11.3. The minimum Gasteiger partial charge on any atom is -0.389 e. The molecule has 4 rings (SSSR count). The Labute approximate surface area is 152 Å². The molecule has 0 aromatic rings. The van der Waals surface area contributed by atoms with Crippen LogP contribution in [0.4, 0.5) is 0 Å². The SMILES string of the molecule is CC[C@@]1(O)CC[C@H]2[C@@H]3C=C(Cl)C4=CCCC(C)[C@]4(C)[C@H]3CC[C@@]21C. The van der Waals surface area contributed by atoms with E-state index in [0.29, 0.717) is 23.7 Å². The van der Waals surface area contributed by atoms with Gasteiger partial charge in [0.25, 0.3) is 0 Å². The molecule has 0 radical (unpaired) electrons. The zero-order valence-corrected chi connectivity index (χ0v) is 16.5. The molecule has 4 aliphatic carbocycles. The molecule has 7 atom stereocenters. The van der Waals surface area contributed by atoms with Crippen molar-refractivity contribution in [1.82, 2.24) is 0 Å². The number of hydrogen-bond acceptors (Lipinski definition) is 1. The van der Waals surface area contributed by atoms with E-state index < -0.39 is 5.60 Å². The highest BCUT2D eigenvalue weighted by molar-refractivity contribution is 6.32. The van der Waals surface area contributed by atoms with Crippen LogP contribution in [-0.2, 0) is 0 Å². The van der Waals surface area contributed by atoms with Crippen LogP contribution in [0.15, 0.2) is 22.8 Å². The van der Waals surface area contributed by atoms with Gasteiger partial charge in [-0.3, -0.25) is 0 Å². The first-order valence-corrected chi connectivity index (χ1v) is 10.5. The highest BCUT2D eigenvalue weighted by Crippen LogP contribution is 2.68. The monoisotopic (exact) mass is 348 g/mol. The van der Waals surface area contributed by atoms with Gasteiger partial charge in [0.05, 0.1) is 5.60 Å². The quantitative estimate of drug-likeness (QED) is 0.609. The molecule has 1 unspecified atom stereocenters. The van der Waals surface area contributed by atoms with E-state index in [0.717, 1.165) is 24.3 Å². The van der Waals surface area contributed by atoms with E-state index in [1.54, 1.807) is 0 Å². The van der Waals surface area contributed by atoms with Crippen LogP contribution in [0.5, 0.6) is 0 Å². The van der Waals surface area contributed by atoms with E-state index in [4.69, 9.17) is 11.6 Å². The summed E-state index contributed by atoms with van der Waals surface area (Å²) in [5.41, 5.74) is 1.24. The van der Waals surface area contributed by atoms with Gasteiger partial charge in [-0.05, 0) is 85.0 Å². The van der Waals surface area contributed by atoms with Gasteiger partial charge in [-0.25, -0.2) is 0 Å². The molecule has 2 fully saturated rings. The fraction of sp³-hybridized carbons (Fsp3) is 0.818. The Morgan fingerprint density at radius 3 is 2.58 bits per heavy atom. The molecule has 1 nitrogen and oxygen atoms in total. The van der Waals surface area contributed by atoms with Crippen molar-refractivity contribution in [2.45, 2.75) is 78.2 Å². The average molecular weight is 349 g/mol. The predicted octanol–water partition coefficient (Wildman–Crippen LogP) is 6.07. The summed E-state index contributed by atoms with van der Waals surface area (Å²) in [5, 5.41) is 12.3. The fourth-order valence-electron chi connectivity index (χ4n) is 7.26. The molecule has 0 bridgehead atoms. The summed E-state index contributed by atoms with van der Waals surface area (Å²) in [6.45, 7) is 9.45. The van der Waals surface area contributed by atoms with E-state index in [1.165, 1.54) is 31.3 Å². The van der Waals surface area contributed by atoms with Gasteiger partial charge in [0, 0.05) is 5.03 Å². The highest BCUT2D eigenvalue weighted by Gasteiger charge is 2.63. The van der Waals surface area contributed by atoms with Crippen molar-refractivity contribution in [2.24, 2.45) is 34.5 Å². The van der Waals surface area contributed by atoms with Gasteiger partial charge in [0.15, 0.2) is 0 Å². The molecule has 0 aromatic carbocycles. The highest BCUT2D eigenvalue weighted by atomic mass is 35.5. The van der Waals surface area contributed by atoms with Crippen molar-refractivity contribution >= 4 is 11.6 Å². The Kier molecular flexibility index (Phi) is 3.84. The first kappa shape index (κ1) is 17.2. The summed E-state index contributed by atoms with van der Waals surface area (Å²) in [7, 11) is 0. The van der Waals surface area contributed by atoms with Crippen LogP contribution in [0.3, 0.4) is 0 Å². The third kappa shape index (κ3) is 1.92. The van der Waals surface area contributed by atoms with Crippen LogP contribution >= 0.6 is 11.6 Å². The maximum absolute atomic E-state index is 11.3. The summed E-state index contributed by atoms with van der Waals surface area (Å²) in [5.74, 6) is 2.52. The number of rotatable bonds is 1. The molecule has 0 aliphatic heterocycles. The van der Waals surface area contributed by atoms with Crippen molar-refractivity contribution in [2.75, 3.05) is 0 Å². The first-order valence-electron chi connectivity index (χ1n) is 10.1. The van der Waals surface area contributed by atoms with E-state index in [1.807, 2.05) is 0 Å². The van der Waals surface area contributed by atoms with Crippen molar-refractivity contribution < 1.29 is 5.11 Å². The molecule has 0 heterocycles.